The highest BCUT2D eigenvalue weighted by molar-refractivity contribution is 5.80. The van der Waals surface area contributed by atoms with Gasteiger partial charge in [-0.3, -0.25) is 9.59 Å². The molecule has 1 heterocycles. The fourth-order valence-electron chi connectivity index (χ4n) is 3.66. The van der Waals surface area contributed by atoms with Gasteiger partial charge in [-0.05, 0) is 42.2 Å². The summed E-state index contributed by atoms with van der Waals surface area (Å²) in [6.45, 7) is 8.11. The van der Waals surface area contributed by atoms with E-state index < -0.39 is 0 Å². The lowest BCUT2D eigenvalue weighted by Crippen LogP contribution is -2.31. The molecule has 142 valence electrons. The van der Waals surface area contributed by atoms with Crippen LogP contribution in [-0.2, 0) is 21.4 Å². The highest BCUT2D eigenvalue weighted by Crippen LogP contribution is 2.32. The highest BCUT2D eigenvalue weighted by Gasteiger charge is 2.39. The van der Waals surface area contributed by atoms with Gasteiger partial charge in [-0.15, -0.1) is 0 Å². The Bertz CT molecular complexity index is 641. The van der Waals surface area contributed by atoms with Crippen LogP contribution in [0.1, 0.15) is 64.0 Å². The average Bonchev–Trinajstić information content (AvgIpc) is 3.35. The van der Waals surface area contributed by atoms with E-state index in [2.05, 4.69) is 50.4 Å². The number of benzene rings is 1. The number of carbonyl (C=O) groups excluding carboxylic acids is 2. The number of nitrogens with zero attached hydrogens (tertiary/aromatic N) is 1. The topological polar surface area (TPSA) is 49.4 Å². The maximum atomic E-state index is 12.1. The first-order valence-electron chi connectivity index (χ1n) is 9.98. The van der Waals surface area contributed by atoms with Gasteiger partial charge in [0.15, 0.2) is 0 Å². The van der Waals surface area contributed by atoms with Crippen LogP contribution < -0.4 is 5.32 Å². The van der Waals surface area contributed by atoms with Crippen LogP contribution in [0.5, 0.6) is 0 Å². The summed E-state index contributed by atoms with van der Waals surface area (Å²) in [6.07, 6.45) is 5.24. The van der Waals surface area contributed by atoms with Gasteiger partial charge < -0.3 is 10.2 Å². The lowest BCUT2D eigenvalue weighted by molar-refractivity contribution is -0.128. The second kappa shape index (κ2) is 7.81. The van der Waals surface area contributed by atoms with Crippen molar-refractivity contribution >= 4 is 11.8 Å². The molecule has 3 rings (SSSR count). The molecular formula is C22H32N2O2. The summed E-state index contributed by atoms with van der Waals surface area (Å²) >= 11 is 0. The molecule has 1 aliphatic carbocycles. The van der Waals surface area contributed by atoms with Crippen LogP contribution in [0.3, 0.4) is 0 Å². The molecule has 0 radical (unpaired) electrons. The van der Waals surface area contributed by atoms with E-state index in [0.29, 0.717) is 25.4 Å². The lowest BCUT2D eigenvalue weighted by Gasteiger charge is -2.19. The summed E-state index contributed by atoms with van der Waals surface area (Å²) in [7, 11) is 0. The number of aryl methyl sites for hydroxylation is 1. The van der Waals surface area contributed by atoms with Gasteiger partial charge in [0, 0.05) is 37.9 Å². The predicted octanol–water partition coefficient (Wildman–Crippen LogP) is 3.43. The third kappa shape index (κ3) is 5.09. The van der Waals surface area contributed by atoms with Gasteiger partial charge in [0.05, 0.1) is 0 Å². The highest BCUT2D eigenvalue weighted by atomic mass is 16.2. The SMILES string of the molecule is CC(C)(C)c1ccc(CCCC(=O)NC[C@@H]2CC(=O)N(C3CC3)C2)cc1. The van der Waals surface area contributed by atoms with E-state index in [1.54, 1.807) is 0 Å². The molecule has 1 aromatic carbocycles. The van der Waals surface area contributed by atoms with Crippen molar-refractivity contribution in [1.82, 2.24) is 10.2 Å². The lowest BCUT2D eigenvalue weighted by atomic mass is 9.86. The Labute approximate surface area is 157 Å². The summed E-state index contributed by atoms with van der Waals surface area (Å²) in [5.74, 6) is 0.663. The zero-order chi connectivity index (χ0) is 18.7. The van der Waals surface area contributed by atoms with Crippen LogP contribution in [0.15, 0.2) is 24.3 Å². The van der Waals surface area contributed by atoms with Crippen molar-refractivity contribution in [3.8, 4) is 0 Å². The zero-order valence-corrected chi connectivity index (χ0v) is 16.4. The molecule has 1 atom stereocenters. The largest absolute Gasteiger partial charge is 0.356 e. The zero-order valence-electron chi connectivity index (χ0n) is 16.4. The van der Waals surface area contributed by atoms with Crippen LogP contribution in [0.4, 0.5) is 0 Å². The van der Waals surface area contributed by atoms with Gasteiger partial charge in [-0.1, -0.05) is 45.0 Å². The normalized spacial score (nSPS) is 20.5. The molecule has 0 spiro atoms. The van der Waals surface area contributed by atoms with Crippen molar-refractivity contribution in [2.45, 2.75) is 70.8 Å². The van der Waals surface area contributed by atoms with Crippen molar-refractivity contribution in [3.63, 3.8) is 0 Å². The van der Waals surface area contributed by atoms with Gasteiger partial charge in [-0.2, -0.15) is 0 Å². The molecule has 2 aliphatic rings. The summed E-state index contributed by atoms with van der Waals surface area (Å²) < 4.78 is 0. The Balaban J connectivity index is 1.33. The second-order valence-electron chi connectivity index (χ2n) is 8.95. The first kappa shape index (κ1) is 18.9. The molecule has 2 fully saturated rings. The van der Waals surface area contributed by atoms with Crippen molar-refractivity contribution in [1.29, 1.82) is 0 Å². The van der Waals surface area contributed by atoms with E-state index >= 15 is 0 Å². The van der Waals surface area contributed by atoms with Gasteiger partial charge in [-0.25, -0.2) is 0 Å². The van der Waals surface area contributed by atoms with Crippen molar-refractivity contribution in [2.24, 2.45) is 5.92 Å². The van der Waals surface area contributed by atoms with Crippen molar-refractivity contribution < 1.29 is 9.59 Å². The minimum Gasteiger partial charge on any atom is -0.356 e. The predicted molar refractivity (Wildman–Crippen MR) is 104 cm³/mol. The standard InChI is InChI=1S/C22H32N2O2/c1-22(2,3)18-9-7-16(8-10-18)5-4-6-20(25)23-14-17-13-21(26)24(15-17)19-11-12-19/h7-10,17,19H,4-6,11-15H2,1-3H3,(H,23,25)/t17-/m0/s1. The van der Waals surface area contributed by atoms with Crippen LogP contribution >= 0.6 is 0 Å². The van der Waals surface area contributed by atoms with Crippen LogP contribution in [0, 0.1) is 5.92 Å². The molecule has 0 aromatic heterocycles. The molecule has 4 heteroatoms. The minimum absolute atomic E-state index is 0.105. The van der Waals surface area contributed by atoms with Crippen LogP contribution in [-0.4, -0.2) is 35.8 Å². The third-order valence-electron chi connectivity index (χ3n) is 5.50. The molecule has 1 saturated carbocycles. The maximum absolute atomic E-state index is 12.1. The number of rotatable bonds is 7. The maximum Gasteiger partial charge on any atom is 0.223 e. The summed E-state index contributed by atoms with van der Waals surface area (Å²) in [4.78, 5) is 26.0. The molecule has 1 N–H and O–H groups in total. The number of carbonyl (C=O) groups is 2. The fraction of sp³-hybridized carbons (Fsp3) is 0.636. The molecule has 1 aliphatic heterocycles. The molecule has 1 aromatic rings. The van der Waals surface area contributed by atoms with Crippen LogP contribution in [0.25, 0.3) is 0 Å². The number of likely N-dealkylation sites (tertiary alicyclic amines) is 1. The van der Waals surface area contributed by atoms with Crippen molar-refractivity contribution in [3.05, 3.63) is 35.4 Å². The quantitative estimate of drug-likeness (QED) is 0.814. The van der Waals surface area contributed by atoms with Crippen LogP contribution in [0.2, 0.25) is 0 Å². The second-order valence-corrected chi connectivity index (χ2v) is 8.95. The smallest absolute Gasteiger partial charge is 0.223 e. The molecular weight excluding hydrogens is 324 g/mol. The number of amides is 2. The summed E-state index contributed by atoms with van der Waals surface area (Å²) in [5, 5.41) is 3.02. The number of hydrogen-bond donors (Lipinski definition) is 1. The van der Waals surface area contributed by atoms with Gasteiger partial charge in [0.1, 0.15) is 0 Å². The minimum atomic E-state index is 0.105. The van der Waals surface area contributed by atoms with Gasteiger partial charge in [0.2, 0.25) is 11.8 Å². The van der Waals surface area contributed by atoms with E-state index in [4.69, 9.17) is 0 Å². The van der Waals surface area contributed by atoms with E-state index in [9.17, 15) is 9.59 Å². The average molecular weight is 357 g/mol. The summed E-state index contributed by atoms with van der Waals surface area (Å²) in [6, 6.07) is 9.23. The molecule has 26 heavy (non-hydrogen) atoms. The molecule has 1 saturated heterocycles. The van der Waals surface area contributed by atoms with E-state index in [1.807, 2.05) is 4.90 Å². The fourth-order valence-corrected chi connectivity index (χ4v) is 3.66. The van der Waals surface area contributed by atoms with E-state index in [-0.39, 0.29) is 23.1 Å². The Morgan fingerprint density at radius 3 is 2.50 bits per heavy atom. The van der Waals surface area contributed by atoms with E-state index in [1.165, 1.54) is 11.1 Å². The van der Waals surface area contributed by atoms with Crippen molar-refractivity contribution in [2.75, 3.05) is 13.1 Å². The first-order chi connectivity index (χ1) is 12.3. The molecule has 2 amide bonds. The van der Waals surface area contributed by atoms with Gasteiger partial charge in [0.25, 0.3) is 0 Å². The van der Waals surface area contributed by atoms with Gasteiger partial charge >= 0.3 is 0 Å². The molecule has 0 unspecified atom stereocenters. The Kier molecular flexibility index (Phi) is 5.69. The monoisotopic (exact) mass is 356 g/mol. The number of nitrogens with one attached hydrogen (secondary N) is 1. The first-order valence-corrected chi connectivity index (χ1v) is 9.98. The Hall–Kier alpha value is -1.84. The molecule has 4 nitrogen and oxygen atoms in total. The number of hydrogen-bond acceptors (Lipinski definition) is 2. The Morgan fingerprint density at radius 1 is 1.19 bits per heavy atom. The Morgan fingerprint density at radius 2 is 1.88 bits per heavy atom. The summed E-state index contributed by atoms with van der Waals surface area (Å²) in [5.41, 5.74) is 2.80. The third-order valence-corrected chi connectivity index (χ3v) is 5.50. The van der Waals surface area contributed by atoms with E-state index in [0.717, 1.165) is 32.2 Å². The molecule has 0 bridgehead atoms.